The maximum Gasteiger partial charge on any atom is 0.152 e. The maximum atomic E-state index is 12.1. The zero-order chi connectivity index (χ0) is 11.5. The van der Waals surface area contributed by atoms with Crippen molar-refractivity contribution in [3.63, 3.8) is 0 Å². The van der Waals surface area contributed by atoms with Crippen molar-refractivity contribution in [2.45, 2.75) is 70.9 Å². The third kappa shape index (κ3) is 2.48. The van der Waals surface area contributed by atoms with Gasteiger partial charge >= 0.3 is 0 Å². The molecule has 0 bridgehead atoms. The topological polar surface area (TPSA) is 29.1 Å². The van der Waals surface area contributed by atoms with Crippen molar-refractivity contribution >= 4 is 5.78 Å². The van der Waals surface area contributed by atoms with E-state index in [0.29, 0.717) is 11.8 Å². The van der Waals surface area contributed by atoms with Crippen LogP contribution in [0.4, 0.5) is 0 Å². The Morgan fingerprint density at radius 3 is 2.75 bits per heavy atom. The maximum absolute atomic E-state index is 12.1. The molecule has 1 aliphatic heterocycles. The number of hydrogen-bond donors (Lipinski definition) is 1. The molecule has 2 fully saturated rings. The quantitative estimate of drug-likeness (QED) is 0.797. The lowest BCUT2D eigenvalue weighted by atomic mass is 9.76. The van der Waals surface area contributed by atoms with E-state index in [4.69, 9.17) is 0 Å². The standard InChI is InChI=1S/C14H25NO/c1-3-10(2)14(16)13-9-8-11-6-4-5-7-12(11)15-13/h10-13,15H,3-9H2,1-2H3. The van der Waals surface area contributed by atoms with Gasteiger partial charge in [-0.3, -0.25) is 4.79 Å². The van der Waals surface area contributed by atoms with Crippen molar-refractivity contribution in [3.8, 4) is 0 Å². The van der Waals surface area contributed by atoms with Gasteiger partial charge in [-0.15, -0.1) is 0 Å². The van der Waals surface area contributed by atoms with E-state index in [1.807, 2.05) is 0 Å². The fourth-order valence-electron chi connectivity index (χ4n) is 3.26. The third-order valence-corrected chi connectivity index (χ3v) is 4.59. The van der Waals surface area contributed by atoms with E-state index in [0.717, 1.165) is 18.8 Å². The molecule has 92 valence electrons. The van der Waals surface area contributed by atoms with Gasteiger partial charge in [-0.1, -0.05) is 26.7 Å². The Balaban J connectivity index is 1.92. The molecule has 2 nitrogen and oxygen atoms in total. The van der Waals surface area contributed by atoms with Gasteiger partial charge in [0.1, 0.15) is 0 Å². The van der Waals surface area contributed by atoms with Gasteiger partial charge in [0.25, 0.3) is 0 Å². The van der Waals surface area contributed by atoms with Crippen LogP contribution in [0.1, 0.15) is 58.8 Å². The predicted octanol–water partition coefficient (Wildman–Crippen LogP) is 2.91. The van der Waals surface area contributed by atoms with E-state index < -0.39 is 0 Å². The first kappa shape index (κ1) is 12.1. The molecule has 2 aliphatic rings. The van der Waals surface area contributed by atoms with Crippen molar-refractivity contribution in [1.29, 1.82) is 0 Å². The lowest BCUT2D eigenvalue weighted by Gasteiger charge is -2.40. The highest BCUT2D eigenvalue weighted by molar-refractivity contribution is 5.86. The first-order chi connectivity index (χ1) is 7.72. The zero-order valence-electron chi connectivity index (χ0n) is 10.7. The Bertz CT molecular complexity index is 251. The first-order valence-corrected chi connectivity index (χ1v) is 7.02. The number of carbonyl (C=O) groups is 1. The van der Waals surface area contributed by atoms with Gasteiger partial charge < -0.3 is 5.32 Å². The van der Waals surface area contributed by atoms with E-state index >= 15 is 0 Å². The average Bonchev–Trinajstić information content (AvgIpc) is 2.36. The van der Waals surface area contributed by atoms with Crippen LogP contribution in [0.5, 0.6) is 0 Å². The molecule has 1 saturated heterocycles. The van der Waals surface area contributed by atoms with E-state index in [-0.39, 0.29) is 12.0 Å². The molecule has 1 N–H and O–H groups in total. The summed E-state index contributed by atoms with van der Waals surface area (Å²) in [7, 11) is 0. The predicted molar refractivity (Wildman–Crippen MR) is 66.4 cm³/mol. The average molecular weight is 223 g/mol. The molecule has 4 unspecified atom stereocenters. The smallest absolute Gasteiger partial charge is 0.152 e. The highest BCUT2D eigenvalue weighted by Gasteiger charge is 2.35. The van der Waals surface area contributed by atoms with Gasteiger partial charge in [0.05, 0.1) is 6.04 Å². The Hall–Kier alpha value is -0.370. The van der Waals surface area contributed by atoms with Gasteiger partial charge in [-0.05, 0) is 38.0 Å². The minimum absolute atomic E-state index is 0.161. The summed E-state index contributed by atoms with van der Waals surface area (Å²) in [6.45, 7) is 4.17. The van der Waals surface area contributed by atoms with Crippen molar-refractivity contribution in [2.75, 3.05) is 0 Å². The molecule has 1 heterocycles. The molecular formula is C14H25NO. The highest BCUT2D eigenvalue weighted by atomic mass is 16.1. The van der Waals surface area contributed by atoms with Crippen LogP contribution in [0.2, 0.25) is 0 Å². The van der Waals surface area contributed by atoms with Crippen molar-refractivity contribution in [1.82, 2.24) is 5.32 Å². The minimum Gasteiger partial charge on any atom is -0.304 e. The SMILES string of the molecule is CCC(C)C(=O)C1CCC2CCCCC2N1. The van der Waals surface area contributed by atoms with Crippen LogP contribution in [0.15, 0.2) is 0 Å². The number of piperidine rings is 1. The molecule has 0 amide bonds. The van der Waals surface area contributed by atoms with Crippen molar-refractivity contribution < 1.29 is 4.79 Å². The summed E-state index contributed by atoms with van der Waals surface area (Å²) in [4.78, 5) is 12.1. The summed E-state index contributed by atoms with van der Waals surface area (Å²) in [5, 5.41) is 3.62. The van der Waals surface area contributed by atoms with Gasteiger partial charge in [-0.2, -0.15) is 0 Å². The molecule has 0 radical (unpaired) electrons. The number of Topliss-reactive ketones (excluding diaryl/α,β-unsaturated/α-hetero) is 1. The molecule has 4 atom stereocenters. The first-order valence-electron chi connectivity index (χ1n) is 7.02. The number of hydrogen-bond acceptors (Lipinski definition) is 2. The third-order valence-electron chi connectivity index (χ3n) is 4.59. The summed E-state index contributed by atoms with van der Waals surface area (Å²) in [5.74, 6) is 1.54. The summed E-state index contributed by atoms with van der Waals surface area (Å²) in [6, 6.07) is 0.801. The summed E-state index contributed by atoms with van der Waals surface area (Å²) in [5.41, 5.74) is 0. The molecule has 16 heavy (non-hydrogen) atoms. The normalized spacial score (nSPS) is 36.5. The van der Waals surface area contributed by atoms with E-state index in [2.05, 4.69) is 19.2 Å². The van der Waals surface area contributed by atoms with E-state index in [1.54, 1.807) is 0 Å². The second-order valence-electron chi connectivity index (χ2n) is 5.66. The zero-order valence-corrected chi connectivity index (χ0v) is 10.7. The molecule has 0 aromatic carbocycles. The second kappa shape index (κ2) is 5.31. The summed E-state index contributed by atoms with van der Waals surface area (Å²) >= 11 is 0. The number of rotatable bonds is 3. The van der Waals surface area contributed by atoms with Crippen LogP contribution >= 0.6 is 0 Å². The number of nitrogens with one attached hydrogen (secondary N) is 1. The molecule has 2 rings (SSSR count). The monoisotopic (exact) mass is 223 g/mol. The Morgan fingerprint density at radius 2 is 2.00 bits per heavy atom. The van der Waals surface area contributed by atoms with Crippen LogP contribution in [-0.2, 0) is 4.79 Å². The van der Waals surface area contributed by atoms with Crippen LogP contribution in [0.3, 0.4) is 0 Å². The lowest BCUT2D eigenvalue weighted by molar-refractivity contribution is -0.125. The number of carbonyl (C=O) groups excluding carboxylic acids is 1. The highest BCUT2D eigenvalue weighted by Crippen LogP contribution is 2.32. The number of ketones is 1. The fourth-order valence-corrected chi connectivity index (χ4v) is 3.26. The molecule has 0 spiro atoms. The number of fused-ring (bicyclic) bond motifs is 1. The Morgan fingerprint density at radius 1 is 1.25 bits per heavy atom. The molecule has 1 aliphatic carbocycles. The van der Waals surface area contributed by atoms with Crippen LogP contribution in [-0.4, -0.2) is 17.9 Å². The van der Waals surface area contributed by atoms with Crippen LogP contribution < -0.4 is 5.32 Å². The van der Waals surface area contributed by atoms with Gasteiger partial charge in [0.2, 0.25) is 0 Å². The van der Waals surface area contributed by atoms with Crippen LogP contribution in [0.25, 0.3) is 0 Å². The minimum atomic E-state index is 0.161. The molecule has 0 aromatic heterocycles. The Labute approximate surface area is 99.2 Å². The van der Waals surface area contributed by atoms with Crippen LogP contribution in [0, 0.1) is 11.8 Å². The largest absolute Gasteiger partial charge is 0.304 e. The molecule has 1 saturated carbocycles. The second-order valence-corrected chi connectivity index (χ2v) is 5.66. The van der Waals surface area contributed by atoms with E-state index in [1.165, 1.54) is 32.1 Å². The van der Waals surface area contributed by atoms with Crippen molar-refractivity contribution in [2.24, 2.45) is 11.8 Å². The summed E-state index contributed by atoms with van der Waals surface area (Å²) in [6.07, 6.45) is 8.72. The van der Waals surface area contributed by atoms with Gasteiger partial charge in [-0.25, -0.2) is 0 Å². The fraction of sp³-hybridized carbons (Fsp3) is 0.929. The van der Waals surface area contributed by atoms with Gasteiger partial charge in [0, 0.05) is 12.0 Å². The lowest BCUT2D eigenvalue weighted by Crippen LogP contribution is -2.53. The molecular weight excluding hydrogens is 198 g/mol. The summed E-state index contributed by atoms with van der Waals surface area (Å²) < 4.78 is 0. The van der Waals surface area contributed by atoms with Gasteiger partial charge in [0.15, 0.2) is 5.78 Å². The van der Waals surface area contributed by atoms with Crippen molar-refractivity contribution in [3.05, 3.63) is 0 Å². The van der Waals surface area contributed by atoms with E-state index in [9.17, 15) is 4.79 Å². The molecule has 2 heteroatoms. The molecule has 0 aromatic rings. The Kier molecular flexibility index (Phi) is 4.01.